The SMILES string of the molecule is CC(C)(C#N)CCCCSc1ccc(N)cc1F. The Labute approximate surface area is 112 Å². The van der Waals surface area contributed by atoms with Gasteiger partial charge in [-0.15, -0.1) is 11.8 Å². The second-order valence-corrected chi connectivity index (χ2v) is 6.13. The maximum Gasteiger partial charge on any atom is 0.138 e. The number of hydrogen-bond acceptors (Lipinski definition) is 3. The standard InChI is InChI=1S/C14H19FN2S/c1-14(2,10-16)7-3-4-8-18-13-6-5-11(17)9-12(13)15/h5-6,9H,3-4,7-8,17H2,1-2H3. The molecule has 0 spiro atoms. The van der Waals surface area contributed by atoms with Gasteiger partial charge in [-0.25, -0.2) is 4.39 Å². The fraction of sp³-hybridized carbons (Fsp3) is 0.500. The fourth-order valence-electron chi connectivity index (χ4n) is 1.54. The van der Waals surface area contributed by atoms with Crippen LogP contribution in [0, 0.1) is 22.6 Å². The maximum absolute atomic E-state index is 13.5. The van der Waals surface area contributed by atoms with E-state index in [1.54, 1.807) is 12.1 Å². The van der Waals surface area contributed by atoms with Gasteiger partial charge in [-0.3, -0.25) is 0 Å². The second kappa shape index (κ2) is 6.65. The van der Waals surface area contributed by atoms with Gasteiger partial charge in [0.15, 0.2) is 0 Å². The predicted molar refractivity (Wildman–Crippen MR) is 74.8 cm³/mol. The van der Waals surface area contributed by atoms with Crippen molar-refractivity contribution in [3.63, 3.8) is 0 Å². The largest absolute Gasteiger partial charge is 0.399 e. The molecule has 18 heavy (non-hydrogen) atoms. The van der Waals surface area contributed by atoms with Crippen LogP contribution in [0.5, 0.6) is 0 Å². The van der Waals surface area contributed by atoms with Gasteiger partial charge in [-0.05, 0) is 50.6 Å². The number of halogens is 1. The molecule has 2 N–H and O–H groups in total. The number of benzene rings is 1. The molecular weight excluding hydrogens is 247 g/mol. The number of unbranched alkanes of at least 4 members (excludes halogenated alkanes) is 1. The molecule has 0 bridgehead atoms. The minimum atomic E-state index is -0.253. The van der Waals surface area contributed by atoms with Crippen LogP contribution in [0.3, 0.4) is 0 Å². The lowest BCUT2D eigenvalue weighted by Gasteiger charge is -2.14. The summed E-state index contributed by atoms with van der Waals surface area (Å²) in [6.45, 7) is 3.89. The predicted octanol–water partition coefficient (Wildman–Crippen LogP) is 4.22. The molecule has 0 aliphatic carbocycles. The van der Waals surface area contributed by atoms with Gasteiger partial charge in [-0.2, -0.15) is 5.26 Å². The van der Waals surface area contributed by atoms with Crippen molar-refractivity contribution < 1.29 is 4.39 Å². The van der Waals surface area contributed by atoms with Crippen LogP contribution in [0.1, 0.15) is 33.1 Å². The van der Waals surface area contributed by atoms with Crippen LogP contribution in [-0.2, 0) is 0 Å². The van der Waals surface area contributed by atoms with Crippen molar-refractivity contribution in [2.45, 2.75) is 38.0 Å². The van der Waals surface area contributed by atoms with Gasteiger partial charge in [0.2, 0.25) is 0 Å². The molecule has 98 valence electrons. The van der Waals surface area contributed by atoms with Crippen molar-refractivity contribution in [3.8, 4) is 6.07 Å². The zero-order chi connectivity index (χ0) is 13.6. The minimum Gasteiger partial charge on any atom is -0.399 e. The number of nitrogen functional groups attached to an aromatic ring is 1. The number of nitrogens with zero attached hydrogens (tertiary/aromatic N) is 1. The number of thioether (sulfide) groups is 1. The molecule has 0 unspecified atom stereocenters. The average Bonchev–Trinajstić information content (AvgIpc) is 2.31. The van der Waals surface area contributed by atoms with E-state index in [0.29, 0.717) is 10.6 Å². The van der Waals surface area contributed by atoms with E-state index < -0.39 is 0 Å². The number of nitriles is 1. The zero-order valence-corrected chi connectivity index (χ0v) is 11.7. The third-order valence-electron chi connectivity index (χ3n) is 2.71. The van der Waals surface area contributed by atoms with Crippen molar-refractivity contribution >= 4 is 17.4 Å². The lowest BCUT2D eigenvalue weighted by molar-refractivity contribution is 0.433. The molecule has 0 heterocycles. The van der Waals surface area contributed by atoms with Crippen LogP contribution in [0.2, 0.25) is 0 Å². The lowest BCUT2D eigenvalue weighted by Crippen LogP contribution is -2.07. The topological polar surface area (TPSA) is 49.8 Å². The molecule has 0 aliphatic heterocycles. The number of nitrogens with two attached hydrogens (primary N) is 1. The molecule has 1 aromatic carbocycles. The monoisotopic (exact) mass is 266 g/mol. The molecule has 0 amide bonds. The van der Waals surface area contributed by atoms with Gasteiger partial charge < -0.3 is 5.73 Å². The van der Waals surface area contributed by atoms with E-state index >= 15 is 0 Å². The maximum atomic E-state index is 13.5. The summed E-state index contributed by atoms with van der Waals surface area (Å²) < 4.78 is 13.5. The smallest absolute Gasteiger partial charge is 0.138 e. The van der Waals surface area contributed by atoms with Gasteiger partial charge in [-0.1, -0.05) is 6.42 Å². The van der Waals surface area contributed by atoms with Crippen molar-refractivity contribution in [3.05, 3.63) is 24.0 Å². The van der Waals surface area contributed by atoms with Crippen molar-refractivity contribution in [1.82, 2.24) is 0 Å². The van der Waals surface area contributed by atoms with E-state index in [1.165, 1.54) is 17.8 Å². The summed E-state index contributed by atoms with van der Waals surface area (Å²) in [5.74, 6) is 0.611. The normalized spacial score (nSPS) is 11.2. The van der Waals surface area contributed by atoms with Crippen LogP contribution in [0.4, 0.5) is 10.1 Å². The van der Waals surface area contributed by atoms with Crippen LogP contribution in [0.15, 0.2) is 23.1 Å². The van der Waals surface area contributed by atoms with Gasteiger partial charge in [0.25, 0.3) is 0 Å². The molecule has 0 radical (unpaired) electrons. The quantitative estimate of drug-likeness (QED) is 0.476. The first-order chi connectivity index (χ1) is 8.44. The Bertz CT molecular complexity index is 438. The summed E-state index contributed by atoms with van der Waals surface area (Å²) in [6.07, 6.45) is 2.86. The minimum absolute atomic E-state index is 0.252. The molecule has 1 aromatic rings. The molecule has 0 fully saturated rings. The Balaban J connectivity index is 2.29. The van der Waals surface area contributed by atoms with Crippen molar-refractivity contribution in [2.24, 2.45) is 5.41 Å². The summed E-state index contributed by atoms with van der Waals surface area (Å²) in [5.41, 5.74) is 5.69. The first-order valence-corrected chi connectivity index (χ1v) is 7.02. The van der Waals surface area contributed by atoms with Crippen molar-refractivity contribution in [1.29, 1.82) is 5.26 Å². The molecule has 0 saturated carbocycles. The lowest BCUT2D eigenvalue weighted by atomic mass is 9.89. The van der Waals surface area contributed by atoms with Gasteiger partial charge in [0, 0.05) is 10.6 Å². The third kappa shape index (κ3) is 4.97. The second-order valence-electron chi connectivity index (χ2n) is 4.99. The highest BCUT2D eigenvalue weighted by Gasteiger charge is 2.15. The summed E-state index contributed by atoms with van der Waals surface area (Å²) >= 11 is 1.50. The van der Waals surface area contributed by atoms with Crippen molar-refractivity contribution in [2.75, 3.05) is 11.5 Å². The molecule has 2 nitrogen and oxygen atoms in total. The van der Waals surface area contributed by atoms with E-state index in [-0.39, 0.29) is 11.2 Å². The van der Waals surface area contributed by atoms with Crippen LogP contribution in [0.25, 0.3) is 0 Å². The van der Waals surface area contributed by atoms with Crippen LogP contribution in [-0.4, -0.2) is 5.75 Å². The van der Waals surface area contributed by atoms with Crippen LogP contribution >= 0.6 is 11.8 Å². The molecule has 0 saturated heterocycles. The molecule has 0 aromatic heterocycles. The summed E-state index contributed by atoms with van der Waals surface area (Å²) in [6, 6.07) is 7.06. The summed E-state index contributed by atoms with van der Waals surface area (Å²) in [7, 11) is 0. The van der Waals surface area contributed by atoms with E-state index in [2.05, 4.69) is 6.07 Å². The van der Waals surface area contributed by atoms with E-state index in [1.807, 2.05) is 13.8 Å². The highest BCUT2D eigenvalue weighted by molar-refractivity contribution is 7.99. The van der Waals surface area contributed by atoms with Gasteiger partial charge >= 0.3 is 0 Å². The van der Waals surface area contributed by atoms with Crippen LogP contribution < -0.4 is 5.73 Å². The Hall–Kier alpha value is -1.21. The number of anilines is 1. The van der Waals surface area contributed by atoms with Gasteiger partial charge in [0.05, 0.1) is 11.5 Å². The Morgan fingerprint density at radius 3 is 2.72 bits per heavy atom. The molecule has 0 aliphatic rings. The summed E-state index contributed by atoms with van der Waals surface area (Å²) in [4.78, 5) is 0.642. The highest BCUT2D eigenvalue weighted by Crippen LogP contribution is 2.26. The zero-order valence-electron chi connectivity index (χ0n) is 10.9. The molecule has 4 heteroatoms. The van der Waals surface area contributed by atoms with E-state index in [9.17, 15) is 4.39 Å². The molecule has 0 atom stereocenters. The highest BCUT2D eigenvalue weighted by atomic mass is 32.2. The average molecular weight is 266 g/mol. The van der Waals surface area contributed by atoms with E-state index in [4.69, 9.17) is 11.0 Å². The number of rotatable bonds is 6. The Morgan fingerprint density at radius 1 is 1.39 bits per heavy atom. The molecule has 1 rings (SSSR count). The number of hydrogen-bond donors (Lipinski definition) is 1. The summed E-state index contributed by atoms with van der Waals surface area (Å²) in [5, 5.41) is 8.87. The Kier molecular flexibility index (Phi) is 5.49. The first-order valence-electron chi connectivity index (χ1n) is 6.04. The fourth-order valence-corrected chi connectivity index (χ4v) is 2.47. The Morgan fingerprint density at radius 2 is 2.11 bits per heavy atom. The first kappa shape index (κ1) is 14.8. The molecular formula is C14H19FN2S. The third-order valence-corrected chi connectivity index (χ3v) is 3.85. The van der Waals surface area contributed by atoms with E-state index in [0.717, 1.165) is 25.0 Å². The van der Waals surface area contributed by atoms with Gasteiger partial charge in [0.1, 0.15) is 5.82 Å².